The topological polar surface area (TPSA) is 129 Å². The van der Waals surface area contributed by atoms with E-state index in [9.17, 15) is 28.0 Å². The molecule has 0 radical (unpaired) electrons. The summed E-state index contributed by atoms with van der Waals surface area (Å²) < 4.78 is 40.1. The van der Waals surface area contributed by atoms with Gasteiger partial charge in [0, 0.05) is 43.4 Å². The van der Waals surface area contributed by atoms with Gasteiger partial charge in [-0.05, 0) is 39.2 Å². The second-order valence-corrected chi connectivity index (χ2v) is 13.8. The zero-order valence-corrected chi connectivity index (χ0v) is 29.2. The Bertz CT molecular complexity index is 1660. The van der Waals surface area contributed by atoms with Gasteiger partial charge >= 0.3 is 6.16 Å². The molecule has 13 heteroatoms. The molecule has 1 N–H and O–H groups in total. The molecule has 1 aromatic carbocycles. The van der Waals surface area contributed by atoms with Gasteiger partial charge < -0.3 is 29.1 Å². The summed E-state index contributed by atoms with van der Waals surface area (Å²) in [5.41, 5.74) is -1.74. The predicted octanol–water partition coefficient (Wildman–Crippen LogP) is 7.21. The van der Waals surface area contributed by atoms with Crippen LogP contribution in [0.2, 0.25) is 0 Å². The average molecular weight is 699 g/mol. The minimum Gasteiger partial charge on any atom is -0.434 e. The zero-order chi connectivity index (χ0) is 35.8. The first-order valence-electron chi connectivity index (χ1n) is 17.9. The summed E-state index contributed by atoms with van der Waals surface area (Å²) >= 11 is 0. The smallest absolute Gasteiger partial charge is 0.434 e. The van der Waals surface area contributed by atoms with Crippen molar-refractivity contribution >= 4 is 23.7 Å². The number of fused-ring (bicyclic) bond motifs is 5. The molecule has 1 fully saturated rings. The summed E-state index contributed by atoms with van der Waals surface area (Å²) in [7, 11) is 0. The van der Waals surface area contributed by atoms with E-state index in [-0.39, 0.29) is 37.0 Å². The number of hydrogen-bond donors (Lipinski definition) is 1. The van der Waals surface area contributed by atoms with Crippen LogP contribution in [0.15, 0.2) is 34.3 Å². The third-order valence-electron chi connectivity index (χ3n) is 10.0. The highest BCUT2D eigenvalue weighted by Crippen LogP contribution is 2.46. The fourth-order valence-electron chi connectivity index (χ4n) is 7.16. The molecule has 50 heavy (non-hydrogen) atoms. The van der Waals surface area contributed by atoms with E-state index in [1.165, 1.54) is 55.4 Å². The van der Waals surface area contributed by atoms with Crippen LogP contribution in [-0.2, 0) is 16.1 Å². The number of amides is 2. The number of nitrogens with zero attached hydrogens (tertiary/aromatic N) is 3. The first kappa shape index (κ1) is 37.0. The van der Waals surface area contributed by atoms with Crippen molar-refractivity contribution in [2.24, 2.45) is 5.16 Å². The van der Waals surface area contributed by atoms with Crippen LogP contribution < -0.4 is 15.5 Å². The standard InChI is InChI=1S/C37H48F2N4O7/c1-4-5-6-7-8-9-10-11-12-13-18-48-36(47)49-33-31-35(46)42-23-30(37(17-16-25(42)3)20-24(2)41-50-37)43(31)22-28(32(33)44)34(45)40-21-26-14-15-27(38)19-29(26)39/h14-15,19,22,25,30H,4-13,16-18,20-21,23H2,1-3H3,(H,40,45)/t25-,30+,37-/m0/s1. The third kappa shape index (κ3) is 8.35. The highest BCUT2D eigenvalue weighted by atomic mass is 19.1. The van der Waals surface area contributed by atoms with Crippen LogP contribution in [0, 0.1) is 11.6 Å². The van der Waals surface area contributed by atoms with Crippen molar-refractivity contribution in [3.63, 3.8) is 0 Å². The Balaban J connectivity index is 1.37. The molecule has 2 aromatic rings. The zero-order valence-electron chi connectivity index (χ0n) is 29.2. The number of benzene rings is 1. The summed E-state index contributed by atoms with van der Waals surface area (Å²) in [6, 6.07) is 2.13. The lowest BCUT2D eigenvalue weighted by molar-refractivity contribution is -0.0655. The van der Waals surface area contributed by atoms with Gasteiger partial charge in [-0.1, -0.05) is 75.9 Å². The monoisotopic (exact) mass is 698 g/mol. The van der Waals surface area contributed by atoms with E-state index in [1.807, 2.05) is 13.8 Å². The molecule has 1 spiro atoms. The molecule has 2 amide bonds. The largest absolute Gasteiger partial charge is 0.514 e. The van der Waals surface area contributed by atoms with Crippen LogP contribution in [0.4, 0.5) is 13.6 Å². The highest BCUT2D eigenvalue weighted by Gasteiger charge is 2.54. The molecule has 0 saturated carbocycles. The molecular weight excluding hydrogens is 650 g/mol. The summed E-state index contributed by atoms with van der Waals surface area (Å²) in [4.78, 5) is 62.2. The molecule has 1 saturated heterocycles. The number of oxime groups is 1. The van der Waals surface area contributed by atoms with E-state index in [4.69, 9.17) is 14.3 Å². The number of ether oxygens (including phenoxy) is 2. The lowest BCUT2D eigenvalue weighted by Crippen LogP contribution is -2.52. The molecule has 3 aliphatic rings. The minimum absolute atomic E-state index is 0.000607. The van der Waals surface area contributed by atoms with Gasteiger partial charge in [0.2, 0.25) is 11.2 Å². The van der Waals surface area contributed by atoms with Crippen LogP contribution in [0.1, 0.15) is 137 Å². The number of pyridine rings is 1. The number of nitrogens with one attached hydrogen (secondary N) is 1. The van der Waals surface area contributed by atoms with Gasteiger partial charge in [0.25, 0.3) is 11.8 Å². The fourth-order valence-corrected chi connectivity index (χ4v) is 7.16. The van der Waals surface area contributed by atoms with E-state index in [0.717, 1.165) is 31.0 Å². The van der Waals surface area contributed by atoms with E-state index < -0.39 is 58.0 Å². The SMILES string of the molecule is CCCCCCCCCCCCOC(=O)Oc1c2n(cc(C(=O)NCc3ccc(F)cc3F)c1=O)[C@@H]1CN(C2=O)[C@@H](C)CC[C@]12CC(C)=NO2. The highest BCUT2D eigenvalue weighted by molar-refractivity contribution is 6.00. The van der Waals surface area contributed by atoms with Crippen LogP contribution in [-0.4, -0.2) is 57.9 Å². The first-order chi connectivity index (χ1) is 24.0. The summed E-state index contributed by atoms with van der Waals surface area (Å²) in [6.07, 6.45) is 12.7. The Hall–Kier alpha value is -4.29. The van der Waals surface area contributed by atoms with Crippen LogP contribution in [0.25, 0.3) is 0 Å². The predicted molar refractivity (Wildman–Crippen MR) is 182 cm³/mol. The van der Waals surface area contributed by atoms with Gasteiger partial charge in [-0.15, -0.1) is 0 Å². The van der Waals surface area contributed by atoms with Crippen molar-refractivity contribution in [1.29, 1.82) is 0 Å². The Morgan fingerprint density at radius 1 is 1.06 bits per heavy atom. The van der Waals surface area contributed by atoms with Gasteiger partial charge in [0.15, 0.2) is 11.3 Å². The Morgan fingerprint density at radius 2 is 1.76 bits per heavy atom. The molecule has 3 aliphatic heterocycles. The van der Waals surface area contributed by atoms with Crippen molar-refractivity contribution in [2.45, 2.75) is 128 Å². The number of carbonyl (C=O) groups excluding carboxylic acids is 3. The second-order valence-electron chi connectivity index (χ2n) is 13.8. The third-order valence-corrected chi connectivity index (χ3v) is 10.0. The Kier molecular flexibility index (Phi) is 12.3. The van der Waals surface area contributed by atoms with Crippen LogP contribution in [0.3, 0.4) is 0 Å². The molecule has 0 unspecified atom stereocenters. The van der Waals surface area contributed by atoms with E-state index >= 15 is 0 Å². The number of carbonyl (C=O) groups is 3. The molecule has 4 heterocycles. The summed E-state index contributed by atoms with van der Waals surface area (Å²) in [5, 5.41) is 6.71. The van der Waals surface area contributed by atoms with Crippen LogP contribution in [0.5, 0.6) is 5.75 Å². The minimum atomic E-state index is -1.16. The van der Waals surface area contributed by atoms with Gasteiger partial charge in [-0.3, -0.25) is 14.4 Å². The van der Waals surface area contributed by atoms with Gasteiger partial charge in [-0.2, -0.15) is 0 Å². The van der Waals surface area contributed by atoms with E-state index in [1.54, 1.807) is 4.90 Å². The van der Waals surface area contributed by atoms with Crippen molar-refractivity contribution < 1.29 is 37.5 Å². The lowest BCUT2D eigenvalue weighted by atomic mass is 9.84. The van der Waals surface area contributed by atoms with Crippen molar-refractivity contribution in [3.05, 3.63) is 63.1 Å². The molecular formula is C37H48F2N4O7. The quantitative estimate of drug-likeness (QED) is 0.154. The Labute approximate surface area is 291 Å². The maximum atomic E-state index is 14.3. The van der Waals surface area contributed by atoms with Gasteiger partial charge in [-0.25, -0.2) is 13.6 Å². The summed E-state index contributed by atoms with van der Waals surface area (Å²) in [5.74, 6) is -3.69. The molecule has 3 atom stereocenters. The first-order valence-corrected chi connectivity index (χ1v) is 17.9. The summed E-state index contributed by atoms with van der Waals surface area (Å²) in [6.45, 7) is 5.87. The molecule has 272 valence electrons. The van der Waals surface area contributed by atoms with Gasteiger partial charge in [0.05, 0.1) is 18.4 Å². The van der Waals surface area contributed by atoms with Crippen LogP contribution >= 0.6 is 0 Å². The van der Waals surface area contributed by atoms with Crippen molar-refractivity contribution in [3.8, 4) is 5.75 Å². The second kappa shape index (κ2) is 16.6. The molecule has 2 bridgehead atoms. The van der Waals surface area contributed by atoms with Gasteiger partial charge in [0.1, 0.15) is 17.2 Å². The number of hydrogen-bond acceptors (Lipinski definition) is 8. The van der Waals surface area contributed by atoms with Crippen molar-refractivity contribution in [2.75, 3.05) is 13.2 Å². The van der Waals surface area contributed by atoms with E-state index in [0.29, 0.717) is 31.7 Å². The number of halogens is 2. The molecule has 11 nitrogen and oxygen atoms in total. The van der Waals surface area contributed by atoms with E-state index in [2.05, 4.69) is 17.4 Å². The number of aromatic nitrogens is 1. The number of rotatable bonds is 15. The number of unbranched alkanes of at least 4 members (excludes halogenated alkanes) is 9. The molecule has 0 aliphatic carbocycles. The Morgan fingerprint density at radius 3 is 2.42 bits per heavy atom. The fraction of sp³-hybridized carbons (Fsp3) is 0.595. The normalized spacial score (nSPS) is 20.9. The average Bonchev–Trinajstić information content (AvgIpc) is 3.42. The molecule has 1 aromatic heterocycles. The maximum absolute atomic E-state index is 14.3. The van der Waals surface area contributed by atoms with Crippen molar-refractivity contribution in [1.82, 2.24) is 14.8 Å². The lowest BCUT2D eigenvalue weighted by Gasteiger charge is -2.42. The maximum Gasteiger partial charge on any atom is 0.514 e. The molecule has 5 rings (SSSR count).